The molecule has 2 aliphatic heterocycles. The van der Waals surface area contributed by atoms with Crippen molar-refractivity contribution in [2.45, 2.75) is 25.9 Å². The van der Waals surface area contributed by atoms with Gasteiger partial charge < -0.3 is 19.9 Å². The number of nitrogens with zero attached hydrogens (tertiary/aromatic N) is 4. The highest BCUT2D eigenvalue weighted by molar-refractivity contribution is 5.90. The van der Waals surface area contributed by atoms with Gasteiger partial charge in [-0.1, -0.05) is 6.07 Å². The summed E-state index contributed by atoms with van der Waals surface area (Å²) in [5.41, 5.74) is 3.41. The van der Waals surface area contributed by atoms with E-state index in [-0.39, 0.29) is 6.54 Å². The molecule has 1 aromatic heterocycles. The highest BCUT2D eigenvalue weighted by Crippen LogP contribution is 2.32. The van der Waals surface area contributed by atoms with Gasteiger partial charge in [-0.25, -0.2) is 9.78 Å². The Morgan fingerprint density at radius 3 is 2.71 bits per heavy atom. The van der Waals surface area contributed by atoms with Crippen molar-refractivity contribution in [3.05, 3.63) is 41.6 Å². The Kier molecular flexibility index (Phi) is 6.93. The number of aromatic nitrogens is 1. The van der Waals surface area contributed by atoms with Crippen molar-refractivity contribution in [2.24, 2.45) is 5.92 Å². The fraction of sp³-hybridized carbons (Fsp3) is 0.458. The molecule has 1 unspecified atom stereocenters. The number of amides is 2. The molecule has 7 nitrogen and oxygen atoms in total. The Morgan fingerprint density at radius 2 is 2.00 bits per heavy atom. The van der Waals surface area contributed by atoms with E-state index in [0.29, 0.717) is 56.5 Å². The summed E-state index contributed by atoms with van der Waals surface area (Å²) in [6, 6.07) is 10.8. The highest BCUT2D eigenvalue weighted by atomic mass is 19.4. The number of anilines is 2. The van der Waals surface area contributed by atoms with E-state index in [1.165, 1.54) is 4.90 Å². The number of carbonyl (C=O) groups excluding carboxylic acids is 1. The van der Waals surface area contributed by atoms with Crippen LogP contribution >= 0.6 is 0 Å². The highest BCUT2D eigenvalue weighted by Gasteiger charge is 2.36. The van der Waals surface area contributed by atoms with Crippen LogP contribution in [0.25, 0.3) is 11.1 Å². The number of carbonyl (C=O) groups is 1. The second kappa shape index (κ2) is 9.89. The van der Waals surface area contributed by atoms with Gasteiger partial charge in [-0.3, -0.25) is 0 Å². The molecule has 2 aromatic rings. The summed E-state index contributed by atoms with van der Waals surface area (Å²) in [4.78, 5) is 20.6. The van der Waals surface area contributed by atoms with Gasteiger partial charge in [0.25, 0.3) is 0 Å². The van der Waals surface area contributed by atoms with Gasteiger partial charge >= 0.3 is 12.2 Å². The summed E-state index contributed by atoms with van der Waals surface area (Å²) in [5, 5.41) is 12.3. The first-order valence-electron chi connectivity index (χ1n) is 11.2. The van der Waals surface area contributed by atoms with E-state index in [0.717, 1.165) is 16.7 Å². The minimum Gasteiger partial charge on any atom is -0.378 e. The number of pyridine rings is 1. The van der Waals surface area contributed by atoms with E-state index in [9.17, 15) is 23.2 Å². The van der Waals surface area contributed by atoms with E-state index < -0.39 is 24.5 Å². The lowest BCUT2D eigenvalue weighted by Crippen LogP contribution is -2.36. The minimum absolute atomic E-state index is 0.0862. The SMILES string of the molecule is Cc1ccc(NC(=O)N2CCC(CC(F)(F)F)C2)cc1-c1cc(C#N)nc(N2CCOCC2)c1. The van der Waals surface area contributed by atoms with Gasteiger partial charge in [0.2, 0.25) is 0 Å². The van der Waals surface area contributed by atoms with Crippen LogP contribution in [0.1, 0.15) is 24.1 Å². The minimum atomic E-state index is -4.23. The lowest BCUT2D eigenvalue weighted by Gasteiger charge is -2.28. The molecule has 2 aliphatic rings. The standard InChI is InChI=1S/C24H26F3N5O2/c1-16-2-3-19(30-23(33)32-5-4-17(15-32)13-24(25,26)27)12-21(16)18-10-20(14-28)29-22(11-18)31-6-8-34-9-7-31/h2-3,10-12,17H,4-9,13,15H2,1H3,(H,30,33). The molecule has 2 fully saturated rings. The number of rotatable bonds is 4. The van der Waals surface area contributed by atoms with Crippen molar-refractivity contribution in [2.75, 3.05) is 49.6 Å². The molecule has 1 N–H and O–H groups in total. The predicted molar refractivity (Wildman–Crippen MR) is 122 cm³/mol. The molecule has 3 heterocycles. The molecule has 34 heavy (non-hydrogen) atoms. The third-order valence-electron chi connectivity index (χ3n) is 6.15. The maximum absolute atomic E-state index is 12.7. The van der Waals surface area contributed by atoms with E-state index in [1.54, 1.807) is 12.1 Å². The third kappa shape index (κ3) is 5.78. The van der Waals surface area contributed by atoms with E-state index in [2.05, 4.69) is 21.3 Å². The van der Waals surface area contributed by atoms with Crippen LogP contribution in [0.3, 0.4) is 0 Å². The van der Waals surface area contributed by atoms with E-state index in [1.807, 2.05) is 25.1 Å². The molecule has 0 bridgehead atoms. The summed E-state index contributed by atoms with van der Waals surface area (Å²) < 4.78 is 43.4. The number of nitrogens with one attached hydrogen (secondary N) is 1. The Balaban J connectivity index is 1.52. The van der Waals surface area contributed by atoms with Crippen molar-refractivity contribution in [3.63, 3.8) is 0 Å². The van der Waals surface area contributed by atoms with Gasteiger partial charge in [-0.05, 0) is 60.2 Å². The first-order chi connectivity index (χ1) is 16.2. The molecule has 180 valence electrons. The Bertz CT molecular complexity index is 1090. The number of morpholine rings is 1. The Hall–Kier alpha value is -3.32. The zero-order valence-corrected chi connectivity index (χ0v) is 18.9. The first-order valence-corrected chi connectivity index (χ1v) is 11.2. The maximum Gasteiger partial charge on any atom is 0.389 e. The van der Waals surface area contributed by atoms with Crippen LogP contribution in [0.15, 0.2) is 30.3 Å². The molecule has 0 aliphatic carbocycles. The normalized spacial score (nSPS) is 18.6. The zero-order chi connectivity index (χ0) is 24.3. The molecule has 2 amide bonds. The average Bonchev–Trinajstić information content (AvgIpc) is 3.27. The number of halogens is 3. The third-order valence-corrected chi connectivity index (χ3v) is 6.15. The topological polar surface area (TPSA) is 81.5 Å². The van der Waals surface area contributed by atoms with Crippen LogP contribution in [0, 0.1) is 24.2 Å². The van der Waals surface area contributed by atoms with Gasteiger partial charge in [-0.2, -0.15) is 18.4 Å². The summed E-state index contributed by atoms with van der Waals surface area (Å²) in [6.45, 7) is 4.86. The smallest absolute Gasteiger partial charge is 0.378 e. The Morgan fingerprint density at radius 1 is 1.24 bits per heavy atom. The lowest BCUT2D eigenvalue weighted by atomic mass is 9.99. The number of alkyl halides is 3. The zero-order valence-electron chi connectivity index (χ0n) is 18.9. The van der Waals surface area contributed by atoms with Gasteiger partial charge in [-0.15, -0.1) is 0 Å². The molecule has 1 aromatic carbocycles. The Labute approximate surface area is 196 Å². The van der Waals surface area contributed by atoms with Crippen molar-refractivity contribution < 1.29 is 22.7 Å². The van der Waals surface area contributed by atoms with Gasteiger partial charge in [0.1, 0.15) is 17.6 Å². The number of aryl methyl sites for hydroxylation is 1. The number of nitriles is 1. The molecule has 0 spiro atoms. The molecule has 1 atom stereocenters. The van der Waals surface area contributed by atoms with E-state index in [4.69, 9.17) is 4.74 Å². The number of urea groups is 1. The van der Waals surface area contributed by atoms with Crippen LogP contribution in [0.4, 0.5) is 29.5 Å². The molecule has 0 saturated carbocycles. The fourth-order valence-electron chi connectivity index (χ4n) is 4.41. The molecule has 4 rings (SSSR count). The quantitative estimate of drug-likeness (QED) is 0.704. The summed E-state index contributed by atoms with van der Waals surface area (Å²) >= 11 is 0. The second-order valence-corrected chi connectivity index (χ2v) is 8.69. The summed E-state index contributed by atoms with van der Waals surface area (Å²) in [6.07, 6.45) is -4.76. The number of likely N-dealkylation sites (tertiary alicyclic amines) is 1. The second-order valence-electron chi connectivity index (χ2n) is 8.69. The number of ether oxygens (including phenoxy) is 1. The van der Waals surface area contributed by atoms with E-state index >= 15 is 0 Å². The lowest BCUT2D eigenvalue weighted by molar-refractivity contribution is -0.143. The largest absolute Gasteiger partial charge is 0.389 e. The average molecular weight is 473 g/mol. The molecule has 0 radical (unpaired) electrons. The molecular formula is C24H26F3N5O2. The van der Waals surface area contributed by atoms with Crippen LogP contribution in [0.2, 0.25) is 0 Å². The maximum atomic E-state index is 12.7. The number of benzene rings is 1. The first kappa shape index (κ1) is 23.8. The van der Waals surface area contributed by atoms with Gasteiger partial charge in [0.15, 0.2) is 0 Å². The summed E-state index contributed by atoms with van der Waals surface area (Å²) in [7, 11) is 0. The molecule has 10 heteroatoms. The molecule has 2 saturated heterocycles. The fourth-order valence-corrected chi connectivity index (χ4v) is 4.41. The monoisotopic (exact) mass is 473 g/mol. The predicted octanol–water partition coefficient (Wildman–Crippen LogP) is 4.57. The van der Waals surface area contributed by atoms with Crippen molar-refractivity contribution in [3.8, 4) is 17.2 Å². The van der Waals surface area contributed by atoms with Gasteiger partial charge in [0.05, 0.1) is 13.2 Å². The van der Waals surface area contributed by atoms with Gasteiger partial charge in [0, 0.05) is 38.3 Å². The summed E-state index contributed by atoms with van der Waals surface area (Å²) in [5.74, 6) is 0.123. The van der Waals surface area contributed by atoms with Crippen molar-refractivity contribution >= 4 is 17.5 Å². The number of hydrogen-bond acceptors (Lipinski definition) is 5. The van der Waals surface area contributed by atoms with Crippen LogP contribution in [-0.4, -0.2) is 61.5 Å². The van der Waals surface area contributed by atoms with Crippen LogP contribution < -0.4 is 10.2 Å². The van der Waals surface area contributed by atoms with Crippen LogP contribution in [-0.2, 0) is 4.74 Å². The molecular weight excluding hydrogens is 447 g/mol. The number of hydrogen-bond donors (Lipinski definition) is 1. The van der Waals surface area contributed by atoms with Crippen molar-refractivity contribution in [1.29, 1.82) is 5.26 Å². The van der Waals surface area contributed by atoms with Crippen LogP contribution in [0.5, 0.6) is 0 Å². The van der Waals surface area contributed by atoms with Crippen molar-refractivity contribution in [1.82, 2.24) is 9.88 Å².